The minimum atomic E-state index is -0.730. The van der Waals surface area contributed by atoms with Crippen molar-refractivity contribution in [3.63, 3.8) is 0 Å². The first-order valence-corrected chi connectivity index (χ1v) is 15.2. The lowest BCUT2D eigenvalue weighted by Gasteiger charge is -2.30. The highest BCUT2D eigenvalue weighted by Gasteiger charge is 2.37. The normalized spacial score (nSPS) is 16.5. The molecule has 12 nitrogen and oxygen atoms in total. The van der Waals surface area contributed by atoms with Crippen molar-refractivity contribution >= 4 is 11.6 Å². The van der Waals surface area contributed by atoms with E-state index in [2.05, 4.69) is 10.2 Å². The molecule has 44 heavy (non-hydrogen) atoms. The molecule has 244 valence electrons. The number of nitrogens with zero attached hydrogens (tertiary/aromatic N) is 2. The Balaban J connectivity index is 1.41. The van der Waals surface area contributed by atoms with E-state index in [1.165, 1.54) is 6.07 Å². The van der Waals surface area contributed by atoms with Gasteiger partial charge in [-0.05, 0) is 12.0 Å². The van der Waals surface area contributed by atoms with Crippen LogP contribution >= 0.6 is 0 Å². The average Bonchev–Trinajstić information content (AvgIpc) is 3.50. The number of carbonyl (C=O) groups excluding carboxylic acids is 1. The molecule has 0 aromatic heterocycles. The standard InChI is InChI=1S/C32H47N3O9/c1-33-32(36)31(28-10-6-7-11-30(28)35(37)38)29(26-8-4-3-5-9-26)25-34-13-12-27(24-34)44-23-22-43-21-20-42-19-18-41-17-16-40-15-14-39-2/h3-11,27,29,31H,12-25H2,1-2H3,(H,33,36)/t27-,29+,31?/m0/s1. The molecule has 2 aromatic rings. The second-order valence-corrected chi connectivity index (χ2v) is 10.4. The van der Waals surface area contributed by atoms with Gasteiger partial charge in [0.05, 0.1) is 83.0 Å². The summed E-state index contributed by atoms with van der Waals surface area (Å²) in [7, 11) is 3.21. The fourth-order valence-corrected chi connectivity index (χ4v) is 5.27. The van der Waals surface area contributed by atoms with Crippen LogP contribution in [-0.4, -0.2) is 122 Å². The summed E-state index contributed by atoms with van der Waals surface area (Å²) in [6.45, 7) is 7.19. The second kappa shape index (κ2) is 20.9. The van der Waals surface area contributed by atoms with Gasteiger partial charge in [0.15, 0.2) is 0 Å². The summed E-state index contributed by atoms with van der Waals surface area (Å²) in [5.74, 6) is -1.28. The van der Waals surface area contributed by atoms with Gasteiger partial charge in [0, 0.05) is 51.3 Å². The lowest BCUT2D eigenvalue weighted by Crippen LogP contribution is -2.37. The number of rotatable bonds is 23. The largest absolute Gasteiger partial charge is 0.382 e. The molecule has 1 heterocycles. The number of likely N-dealkylation sites (N-methyl/N-ethyl adjacent to an activating group) is 1. The van der Waals surface area contributed by atoms with Crippen LogP contribution in [0.1, 0.15) is 29.4 Å². The maximum absolute atomic E-state index is 13.3. The van der Waals surface area contributed by atoms with E-state index in [0.717, 1.165) is 18.5 Å². The van der Waals surface area contributed by atoms with Crippen LogP contribution in [-0.2, 0) is 33.2 Å². The molecule has 0 saturated carbocycles. The van der Waals surface area contributed by atoms with E-state index in [1.807, 2.05) is 30.3 Å². The van der Waals surface area contributed by atoms with Crippen molar-refractivity contribution in [1.29, 1.82) is 0 Å². The molecule has 1 aliphatic heterocycles. The van der Waals surface area contributed by atoms with E-state index in [-0.39, 0.29) is 23.6 Å². The lowest BCUT2D eigenvalue weighted by molar-refractivity contribution is -0.385. The van der Waals surface area contributed by atoms with Crippen LogP contribution in [0.5, 0.6) is 0 Å². The number of para-hydroxylation sites is 1. The first-order chi connectivity index (χ1) is 21.5. The van der Waals surface area contributed by atoms with Crippen LogP contribution in [0.3, 0.4) is 0 Å². The summed E-state index contributed by atoms with van der Waals surface area (Å²) in [4.78, 5) is 27.0. The summed E-state index contributed by atoms with van der Waals surface area (Å²) in [5, 5.41) is 14.6. The number of amides is 1. The van der Waals surface area contributed by atoms with Crippen molar-refractivity contribution in [3.05, 3.63) is 75.8 Å². The third-order valence-electron chi connectivity index (χ3n) is 7.44. The zero-order valence-electron chi connectivity index (χ0n) is 25.9. The Kier molecular flexibility index (Phi) is 16.9. The van der Waals surface area contributed by atoms with Crippen molar-refractivity contribution in [2.24, 2.45) is 0 Å². The highest BCUT2D eigenvalue weighted by molar-refractivity contribution is 5.86. The molecular weight excluding hydrogens is 570 g/mol. The molecular formula is C32H47N3O9. The third-order valence-corrected chi connectivity index (χ3v) is 7.44. The molecule has 1 aliphatic rings. The number of ether oxygens (including phenoxy) is 6. The SMILES string of the molecule is CNC(=O)C(c1ccccc1[N+](=O)[O-])[C@H](CN1CC[C@H](OCCOCCOCCOCCOCCOC)C1)c1ccccc1. The molecule has 12 heteroatoms. The Labute approximate surface area is 260 Å². The van der Waals surface area contributed by atoms with Gasteiger partial charge in [-0.3, -0.25) is 14.9 Å². The van der Waals surface area contributed by atoms with Crippen LogP contribution in [0.2, 0.25) is 0 Å². The predicted octanol–water partition coefficient (Wildman–Crippen LogP) is 3.01. The maximum Gasteiger partial charge on any atom is 0.273 e. The molecule has 0 aliphatic carbocycles. The summed E-state index contributed by atoms with van der Waals surface area (Å²) in [6, 6.07) is 16.3. The van der Waals surface area contributed by atoms with Crippen molar-refractivity contribution in [2.45, 2.75) is 24.4 Å². The van der Waals surface area contributed by atoms with E-state index in [0.29, 0.717) is 84.7 Å². The summed E-state index contributed by atoms with van der Waals surface area (Å²) in [6.07, 6.45) is 0.907. The van der Waals surface area contributed by atoms with Gasteiger partial charge in [0.1, 0.15) is 0 Å². The number of nitrogens with one attached hydrogen (secondary N) is 1. The molecule has 2 aromatic carbocycles. The first-order valence-electron chi connectivity index (χ1n) is 15.2. The molecule has 0 bridgehead atoms. The van der Waals surface area contributed by atoms with Gasteiger partial charge in [0.2, 0.25) is 5.91 Å². The van der Waals surface area contributed by atoms with Crippen molar-refractivity contribution in [2.75, 3.05) is 99.9 Å². The number of hydrogen-bond acceptors (Lipinski definition) is 10. The fraction of sp³-hybridized carbons (Fsp3) is 0.594. The highest BCUT2D eigenvalue weighted by Crippen LogP contribution is 2.39. The van der Waals surface area contributed by atoms with E-state index in [9.17, 15) is 14.9 Å². The predicted molar refractivity (Wildman–Crippen MR) is 165 cm³/mol. The number of nitro groups is 1. The first kappa shape index (κ1) is 35.5. The number of methoxy groups -OCH3 is 1. The highest BCUT2D eigenvalue weighted by atomic mass is 16.6. The zero-order chi connectivity index (χ0) is 31.4. The molecule has 0 radical (unpaired) electrons. The Hall–Kier alpha value is -2.97. The summed E-state index contributed by atoms with van der Waals surface area (Å²) < 4.78 is 32.9. The Morgan fingerprint density at radius 1 is 0.886 bits per heavy atom. The van der Waals surface area contributed by atoms with Crippen molar-refractivity contribution < 1.29 is 38.1 Å². The molecule has 1 unspecified atom stereocenters. The summed E-state index contributed by atoms with van der Waals surface area (Å²) >= 11 is 0. The molecule has 1 fully saturated rings. The van der Waals surface area contributed by atoms with Crippen LogP contribution in [0, 0.1) is 10.1 Å². The monoisotopic (exact) mass is 617 g/mol. The molecule has 3 atom stereocenters. The van der Waals surface area contributed by atoms with Gasteiger partial charge in [-0.25, -0.2) is 0 Å². The van der Waals surface area contributed by atoms with Crippen LogP contribution in [0.25, 0.3) is 0 Å². The van der Waals surface area contributed by atoms with Gasteiger partial charge >= 0.3 is 0 Å². The molecule has 1 amide bonds. The van der Waals surface area contributed by atoms with Gasteiger partial charge in [0.25, 0.3) is 5.69 Å². The molecule has 0 spiro atoms. The average molecular weight is 618 g/mol. The molecule has 3 rings (SSSR count). The summed E-state index contributed by atoms with van der Waals surface area (Å²) in [5.41, 5.74) is 1.32. The van der Waals surface area contributed by atoms with E-state index in [1.54, 1.807) is 32.4 Å². The van der Waals surface area contributed by atoms with Gasteiger partial charge in [-0.1, -0.05) is 48.5 Å². The third kappa shape index (κ3) is 12.2. The number of hydrogen-bond donors (Lipinski definition) is 1. The maximum atomic E-state index is 13.3. The van der Waals surface area contributed by atoms with Crippen LogP contribution in [0.15, 0.2) is 54.6 Å². The zero-order valence-corrected chi connectivity index (χ0v) is 25.9. The second-order valence-electron chi connectivity index (χ2n) is 10.4. The number of carbonyl (C=O) groups is 1. The minimum absolute atomic E-state index is 0.0476. The minimum Gasteiger partial charge on any atom is -0.382 e. The topological polar surface area (TPSA) is 131 Å². The number of likely N-dealkylation sites (tertiary alicyclic amines) is 1. The van der Waals surface area contributed by atoms with Crippen molar-refractivity contribution in [1.82, 2.24) is 10.2 Å². The molecule has 1 N–H and O–H groups in total. The van der Waals surface area contributed by atoms with Crippen LogP contribution < -0.4 is 5.32 Å². The van der Waals surface area contributed by atoms with Crippen LogP contribution in [0.4, 0.5) is 5.69 Å². The van der Waals surface area contributed by atoms with Crippen molar-refractivity contribution in [3.8, 4) is 0 Å². The lowest BCUT2D eigenvalue weighted by atomic mass is 9.79. The quantitative estimate of drug-likeness (QED) is 0.113. The van der Waals surface area contributed by atoms with Gasteiger partial charge < -0.3 is 38.6 Å². The fourth-order valence-electron chi connectivity index (χ4n) is 5.27. The Morgan fingerprint density at radius 2 is 1.45 bits per heavy atom. The van der Waals surface area contributed by atoms with Gasteiger partial charge in [-0.15, -0.1) is 0 Å². The van der Waals surface area contributed by atoms with E-state index >= 15 is 0 Å². The number of benzene rings is 2. The number of nitro benzene ring substituents is 1. The van der Waals surface area contributed by atoms with E-state index in [4.69, 9.17) is 28.4 Å². The smallest absolute Gasteiger partial charge is 0.273 e. The Morgan fingerprint density at radius 3 is 2.05 bits per heavy atom. The Bertz CT molecular complexity index is 1090. The van der Waals surface area contributed by atoms with E-state index < -0.39 is 10.8 Å². The molecule has 1 saturated heterocycles. The van der Waals surface area contributed by atoms with Gasteiger partial charge in [-0.2, -0.15) is 0 Å².